The van der Waals surface area contributed by atoms with Gasteiger partial charge in [0, 0.05) is 6.08 Å². The molecule has 2 rings (SSSR count). The molecule has 0 saturated carbocycles. The molecule has 0 atom stereocenters. The number of hydrogen-bond acceptors (Lipinski definition) is 4. The average Bonchev–Trinajstić information content (AvgIpc) is 2.54. The molecule has 4 heteroatoms. The molecule has 0 heterocycles. The Kier molecular flexibility index (Phi) is 4.88. The first-order chi connectivity index (χ1) is 10.2. The summed E-state index contributed by atoms with van der Waals surface area (Å²) in [6.45, 7) is 3.96. The highest BCUT2D eigenvalue weighted by Crippen LogP contribution is 2.22. The maximum atomic E-state index is 11.0. The van der Waals surface area contributed by atoms with Crippen LogP contribution < -0.4 is 4.74 Å². The first-order valence-corrected chi connectivity index (χ1v) is 6.32. The molecular formula is C17H14O4. The van der Waals surface area contributed by atoms with Crippen molar-refractivity contribution in [3.63, 3.8) is 0 Å². The van der Waals surface area contributed by atoms with Crippen LogP contribution in [0.15, 0.2) is 61.2 Å². The minimum absolute atomic E-state index is 0.219. The zero-order chi connectivity index (χ0) is 15.1. The van der Waals surface area contributed by atoms with Crippen molar-refractivity contribution in [2.45, 2.75) is 6.61 Å². The summed E-state index contributed by atoms with van der Waals surface area (Å²) in [5.74, 6) is 0.0616. The molecule has 0 amide bonds. The summed E-state index contributed by atoms with van der Waals surface area (Å²) < 4.78 is 9.70. The molecule has 0 saturated heterocycles. The van der Waals surface area contributed by atoms with Gasteiger partial charge in [0.2, 0.25) is 0 Å². The Balaban J connectivity index is 2.05. The molecule has 4 nitrogen and oxygen atoms in total. The molecule has 0 radical (unpaired) electrons. The highest BCUT2D eigenvalue weighted by atomic mass is 16.5. The Hall–Kier alpha value is -2.88. The molecule has 0 N–H and O–H groups in total. The molecule has 0 aliphatic rings. The molecule has 0 unspecified atom stereocenters. The van der Waals surface area contributed by atoms with Gasteiger partial charge in [0.05, 0.1) is 0 Å². The Bertz CT molecular complexity index is 627. The molecular weight excluding hydrogens is 268 g/mol. The number of hydrogen-bond donors (Lipinski definition) is 0. The third-order valence-corrected chi connectivity index (χ3v) is 2.87. The van der Waals surface area contributed by atoms with E-state index < -0.39 is 5.97 Å². The van der Waals surface area contributed by atoms with Crippen molar-refractivity contribution >= 4 is 12.4 Å². The van der Waals surface area contributed by atoms with Gasteiger partial charge in [-0.15, -0.1) is 0 Å². The predicted molar refractivity (Wildman–Crippen MR) is 78.6 cm³/mol. The highest BCUT2D eigenvalue weighted by molar-refractivity contribution is 5.81. The van der Waals surface area contributed by atoms with Gasteiger partial charge < -0.3 is 9.47 Å². The van der Waals surface area contributed by atoms with Crippen molar-refractivity contribution in [2.75, 3.05) is 0 Å². The van der Waals surface area contributed by atoms with Gasteiger partial charge in [0.15, 0.2) is 0 Å². The van der Waals surface area contributed by atoms with Crippen molar-refractivity contribution in [1.82, 2.24) is 0 Å². The minimum atomic E-state index is -0.440. The molecule has 0 aliphatic carbocycles. The monoisotopic (exact) mass is 282 g/mol. The SMILES string of the molecule is C=CC(=O)OCc1ccc(-c2ccc(OC=O)cc2)cc1. The second kappa shape index (κ2) is 7.05. The summed E-state index contributed by atoms with van der Waals surface area (Å²) in [6.07, 6.45) is 1.14. The lowest BCUT2D eigenvalue weighted by Gasteiger charge is -2.06. The largest absolute Gasteiger partial charge is 0.458 e. The number of ether oxygens (including phenoxy) is 2. The molecule has 0 aliphatic heterocycles. The lowest BCUT2D eigenvalue weighted by Crippen LogP contribution is -1.99. The molecule has 21 heavy (non-hydrogen) atoms. The second-order valence-corrected chi connectivity index (χ2v) is 4.25. The fourth-order valence-electron chi connectivity index (χ4n) is 1.79. The van der Waals surface area contributed by atoms with Crippen LogP contribution in [0.25, 0.3) is 11.1 Å². The number of rotatable bonds is 6. The van der Waals surface area contributed by atoms with E-state index in [0.717, 1.165) is 22.8 Å². The summed E-state index contributed by atoms with van der Waals surface area (Å²) in [5.41, 5.74) is 2.92. The third kappa shape index (κ3) is 4.04. The Labute approximate surface area is 122 Å². The fraction of sp³-hybridized carbons (Fsp3) is 0.0588. The molecule has 0 spiro atoms. The van der Waals surface area contributed by atoms with E-state index in [1.165, 1.54) is 0 Å². The summed E-state index contributed by atoms with van der Waals surface area (Å²) in [5, 5.41) is 0. The van der Waals surface area contributed by atoms with E-state index in [-0.39, 0.29) is 6.61 Å². The maximum Gasteiger partial charge on any atom is 0.330 e. The number of esters is 1. The molecule has 0 bridgehead atoms. The van der Waals surface area contributed by atoms with Crippen LogP contribution in [-0.4, -0.2) is 12.4 Å². The topological polar surface area (TPSA) is 52.6 Å². The fourth-order valence-corrected chi connectivity index (χ4v) is 1.79. The van der Waals surface area contributed by atoms with Crippen LogP contribution in [0.4, 0.5) is 0 Å². The molecule has 0 fully saturated rings. The summed E-state index contributed by atoms with van der Waals surface area (Å²) in [6, 6.07) is 14.8. The van der Waals surface area contributed by atoms with Gasteiger partial charge in [-0.05, 0) is 28.8 Å². The van der Waals surface area contributed by atoms with Gasteiger partial charge in [-0.2, -0.15) is 0 Å². The van der Waals surface area contributed by atoms with Crippen LogP contribution in [-0.2, 0) is 20.9 Å². The van der Waals surface area contributed by atoms with Gasteiger partial charge in [-0.25, -0.2) is 4.79 Å². The van der Waals surface area contributed by atoms with Gasteiger partial charge in [0.1, 0.15) is 12.4 Å². The Morgan fingerprint density at radius 3 is 2.10 bits per heavy atom. The minimum Gasteiger partial charge on any atom is -0.458 e. The van der Waals surface area contributed by atoms with E-state index in [1.807, 2.05) is 36.4 Å². The van der Waals surface area contributed by atoms with Crippen molar-refractivity contribution in [3.8, 4) is 16.9 Å². The quantitative estimate of drug-likeness (QED) is 0.464. The van der Waals surface area contributed by atoms with E-state index >= 15 is 0 Å². The lowest BCUT2D eigenvalue weighted by atomic mass is 10.0. The van der Waals surface area contributed by atoms with E-state index in [4.69, 9.17) is 9.47 Å². The van der Waals surface area contributed by atoms with E-state index in [9.17, 15) is 9.59 Å². The van der Waals surface area contributed by atoms with Gasteiger partial charge in [0.25, 0.3) is 6.47 Å². The van der Waals surface area contributed by atoms with Gasteiger partial charge in [-0.1, -0.05) is 43.0 Å². The van der Waals surface area contributed by atoms with E-state index in [1.54, 1.807) is 12.1 Å². The molecule has 106 valence electrons. The summed E-state index contributed by atoms with van der Waals surface area (Å²) in [7, 11) is 0. The van der Waals surface area contributed by atoms with E-state index in [2.05, 4.69) is 6.58 Å². The highest BCUT2D eigenvalue weighted by Gasteiger charge is 2.01. The van der Waals surface area contributed by atoms with Crippen LogP contribution >= 0.6 is 0 Å². The number of carbonyl (C=O) groups is 2. The molecule has 0 aromatic heterocycles. The van der Waals surface area contributed by atoms with Crippen molar-refractivity contribution in [3.05, 3.63) is 66.7 Å². The van der Waals surface area contributed by atoms with Crippen molar-refractivity contribution in [2.24, 2.45) is 0 Å². The van der Waals surface area contributed by atoms with Crippen molar-refractivity contribution < 1.29 is 19.1 Å². The third-order valence-electron chi connectivity index (χ3n) is 2.87. The Morgan fingerprint density at radius 1 is 1.00 bits per heavy atom. The van der Waals surface area contributed by atoms with Gasteiger partial charge >= 0.3 is 5.97 Å². The van der Waals surface area contributed by atoms with Gasteiger partial charge in [-0.3, -0.25) is 4.79 Å². The number of carbonyl (C=O) groups excluding carboxylic acids is 2. The zero-order valence-electron chi connectivity index (χ0n) is 11.3. The lowest BCUT2D eigenvalue weighted by molar-refractivity contribution is -0.139. The average molecular weight is 282 g/mol. The van der Waals surface area contributed by atoms with E-state index in [0.29, 0.717) is 12.2 Å². The summed E-state index contributed by atoms with van der Waals surface area (Å²) in [4.78, 5) is 21.2. The van der Waals surface area contributed by atoms with Crippen LogP contribution in [0, 0.1) is 0 Å². The van der Waals surface area contributed by atoms with Crippen LogP contribution in [0.1, 0.15) is 5.56 Å². The van der Waals surface area contributed by atoms with Crippen molar-refractivity contribution in [1.29, 1.82) is 0 Å². The first-order valence-electron chi connectivity index (χ1n) is 6.32. The van der Waals surface area contributed by atoms with Crippen LogP contribution in [0.2, 0.25) is 0 Å². The first kappa shape index (κ1) is 14.5. The zero-order valence-corrected chi connectivity index (χ0v) is 11.3. The maximum absolute atomic E-state index is 11.0. The van der Waals surface area contributed by atoms with Crippen LogP contribution in [0.5, 0.6) is 5.75 Å². The second-order valence-electron chi connectivity index (χ2n) is 4.25. The smallest absolute Gasteiger partial charge is 0.330 e. The molecule has 2 aromatic rings. The van der Waals surface area contributed by atoms with Crippen LogP contribution in [0.3, 0.4) is 0 Å². The Morgan fingerprint density at radius 2 is 1.57 bits per heavy atom. The predicted octanol–water partition coefficient (Wildman–Crippen LogP) is 3.12. The molecule has 2 aromatic carbocycles. The normalized spacial score (nSPS) is 9.71. The summed E-state index contributed by atoms with van der Waals surface area (Å²) >= 11 is 0. The standard InChI is InChI=1S/C17H14O4/c1-2-17(19)20-11-13-3-5-14(6-4-13)15-7-9-16(10-8-15)21-12-18/h2-10,12H,1,11H2. The number of benzene rings is 2.